The highest BCUT2D eigenvalue weighted by Gasteiger charge is 2.30. The van der Waals surface area contributed by atoms with Gasteiger partial charge in [0.05, 0.1) is 32.0 Å². The van der Waals surface area contributed by atoms with Crippen LogP contribution in [-0.4, -0.2) is 32.3 Å². The van der Waals surface area contributed by atoms with Crippen LogP contribution in [-0.2, 0) is 19.3 Å². The van der Waals surface area contributed by atoms with E-state index in [1.54, 1.807) is 48.5 Å². The van der Waals surface area contributed by atoms with Crippen LogP contribution in [0.15, 0.2) is 114 Å². The van der Waals surface area contributed by atoms with Gasteiger partial charge in [0.2, 0.25) is 9.84 Å². The summed E-state index contributed by atoms with van der Waals surface area (Å²) in [6.07, 6.45) is 0. The van der Waals surface area contributed by atoms with Crippen LogP contribution in [0.25, 0.3) is 0 Å². The van der Waals surface area contributed by atoms with Gasteiger partial charge in [0.25, 0.3) is 0 Å². The summed E-state index contributed by atoms with van der Waals surface area (Å²) < 4.78 is 35.6. The molecule has 8 nitrogen and oxygen atoms in total. The Morgan fingerprint density at radius 3 is 1.15 bits per heavy atom. The lowest BCUT2D eigenvalue weighted by Crippen LogP contribution is -2.01. The van der Waals surface area contributed by atoms with Crippen molar-refractivity contribution in [3.63, 3.8) is 0 Å². The zero-order valence-electron chi connectivity index (χ0n) is 19.6. The second-order valence-electron chi connectivity index (χ2n) is 8.42. The Morgan fingerprint density at radius 1 is 0.436 bits per heavy atom. The van der Waals surface area contributed by atoms with Crippen LogP contribution in [0.2, 0.25) is 0 Å². The van der Waals surface area contributed by atoms with Gasteiger partial charge in [-0.25, -0.2) is 27.6 Å². The fourth-order valence-corrected chi connectivity index (χ4v) is 7.01. The SMILES string of the molecule is O=C1OC(=O)c2cc(Sc3ccc(S(=O)(=O)c4ccc(Sc5ccc6c(c5)C(=O)OC6=O)cc4)cc3)ccc21. The van der Waals surface area contributed by atoms with Crippen molar-refractivity contribution in [2.24, 2.45) is 0 Å². The van der Waals surface area contributed by atoms with Crippen LogP contribution in [0.1, 0.15) is 41.4 Å². The van der Waals surface area contributed by atoms with Gasteiger partial charge in [-0.15, -0.1) is 0 Å². The summed E-state index contributed by atoms with van der Waals surface area (Å²) in [4.78, 5) is 50.0. The van der Waals surface area contributed by atoms with Crippen LogP contribution in [0, 0.1) is 0 Å². The lowest BCUT2D eigenvalue weighted by Gasteiger charge is -2.08. The molecule has 0 saturated heterocycles. The van der Waals surface area contributed by atoms with Gasteiger partial charge in [-0.05, 0) is 84.9 Å². The molecule has 0 fully saturated rings. The molecule has 0 amide bonds. The van der Waals surface area contributed by atoms with E-state index in [-0.39, 0.29) is 32.0 Å². The first kappa shape index (κ1) is 25.1. The van der Waals surface area contributed by atoms with Gasteiger partial charge in [0, 0.05) is 19.6 Å². The van der Waals surface area contributed by atoms with E-state index < -0.39 is 33.7 Å². The lowest BCUT2D eigenvalue weighted by molar-refractivity contribution is 0.0425. The molecule has 0 aromatic heterocycles. The van der Waals surface area contributed by atoms with Crippen molar-refractivity contribution in [3.05, 3.63) is 107 Å². The summed E-state index contributed by atoms with van der Waals surface area (Å²) in [5.74, 6) is -2.70. The summed E-state index contributed by atoms with van der Waals surface area (Å²) in [5, 5.41) is 0. The predicted octanol–water partition coefficient (Wildman–Crippen LogP) is 5.44. The Morgan fingerprint density at radius 2 is 0.769 bits per heavy atom. The number of benzene rings is 4. The molecule has 0 atom stereocenters. The molecule has 11 heteroatoms. The smallest absolute Gasteiger partial charge is 0.346 e. The maximum atomic E-state index is 13.2. The molecule has 6 rings (SSSR count). The highest BCUT2D eigenvalue weighted by molar-refractivity contribution is 7.99. The largest absolute Gasteiger partial charge is 0.386 e. The van der Waals surface area contributed by atoms with E-state index in [4.69, 9.17) is 0 Å². The van der Waals surface area contributed by atoms with E-state index in [1.807, 2.05) is 0 Å². The maximum absolute atomic E-state index is 13.2. The number of carbonyl (C=O) groups is 4. The fraction of sp³-hybridized carbons (Fsp3) is 0. The number of carbonyl (C=O) groups excluding carboxylic acids is 4. The van der Waals surface area contributed by atoms with E-state index >= 15 is 0 Å². The number of rotatable bonds is 6. The first-order valence-corrected chi connectivity index (χ1v) is 14.4. The number of esters is 4. The Hall–Kier alpha value is -4.19. The molecule has 192 valence electrons. The van der Waals surface area contributed by atoms with Crippen molar-refractivity contribution in [1.29, 1.82) is 0 Å². The van der Waals surface area contributed by atoms with E-state index in [1.165, 1.54) is 59.9 Å². The van der Waals surface area contributed by atoms with Gasteiger partial charge in [0.1, 0.15) is 0 Å². The number of hydrogen-bond acceptors (Lipinski definition) is 10. The predicted molar refractivity (Wildman–Crippen MR) is 139 cm³/mol. The number of cyclic esters (lactones) is 4. The molecule has 0 unspecified atom stereocenters. The first-order valence-electron chi connectivity index (χ1n) is 11.3. The topological polar surface area (TPSA) is 121 Å². The minimum Gasteiger partial charge on any atom is -0.386 e. The molecule has 4 aromatic rings. The molecule has 0 bridgehead atoms. The summed E-state index contributed by atoms with van der Waals surface area (Å²) in [5.41, 5.74) is 0.867. The summed E-state index contributed by atoms with van der Waals surface area (Å²) >= 11 is 2.64. The van der Waals surface area contributed by atoms with Gasteiger partial charge in [-0.2, -0.15) is 0 Å². The average molecular weight is 575 g/mol. The molecule has 0 radical (unpaired) electrons. The number of hydrogen-bond donors (Lipinski definition) is 0. The number of fused-ring (bicyclic) bond motifs is 2. The highest BCUT2D eigenvalue weighted by atomic mass is 32.2. The third-order valence-corrected chi connectivity index (χ3v) is 9.75. The van der Waals surface area contributed by atoms with Gasteiger partial charge in [0.15, 0.2) is 0 Å². The van der Waals surface area contributed by atoms with Gasteiger partial charge in [-0.1, -0.05) is 23.5 Å². The van der Waals surface area contributed by atoms with E-state index in [0.717, 1.165) is 9.79 Å². The van der Waals surface area contributed by atoms with E-state index in [0.29, 0.717) is 9.79 Å². The van der Waals surface area contributed by atoms with Crippen LogP contribution >= 0.6 is 23.5 Å². The minimum atomic E-state index is -3.78. The zero-order valence-corrected chi connectivity index (χ0v) is 22.0. The molecule has 2 aliphatic heterocycles. The molecular weight excluding hydrogens is 561 g/mol. The average Bonchev–Trinajstić information content (AvgIpc) is 3.37. The van der Waals surface area contributed by atoms with Crippen molar-refractivity contribution in [1.82, 2.24) is 0 Å². The number of sulfone groups is 1. The number of ether oxygens (including phenoxy) is 2. The van der Waals surface area contributed by atoms with Crippen molar-refractivity contribution in [2.75, 3.05) is 0 Å². The summed E-state index contributed by atoms with van der Waals surface area (Å²) in [6.45, 7) is 0. The van der Waals surface area contributed by atoms with Crippen LogP contribution in [0.3, 0.4) is 0 Å². The maximum Gasteiger partial charge on any atom is 0.346 e. The van der Waals surface area contributed by atoms with E-state index in [2.05, 4.69) is 9.47 Å². The summed E-state index contributed by atoms with van der Waals surface area (Å²) in [6, 6.07) is 22.3. The van der Waals surface area contributed by atoms with Crippen molar-refractivity contribution >= 4 is 57.2 Å². The Bertz CT molecular complexity index is 1700. The molecule has 2 aliphatic rings. The third-order valence-electron chi connectivity index (χ3n) is 5.97. The second-order valence-corrected chi connectivity index (χ2v) is 12.7. The Kier molecular flexibility index (Phi) is 6.13. The molecular formula is C28H14O8S3. The molecule has 39 heavy (non-hydrogen) atoms. The van der Waals surface area contributed by atoms with Gasteiger partial charge >= 0.3 is 23.9 Å². The first-order chi connectivity index (χ1) is 18.7. The minimum absolute atomic E-state index is 0.122. The van der Waals surface area contributed by atoms with Crippen LogP contribution in [0.5, 0.6) is 0 Å². The fourth-order valence-electron chi connectivity index (χ4n) is 4.04. The molecule has 0 N–H and O–H groups in total. The molecule has 0 spiro atoms. The normalized spacial score (nSPS) is 14.2. The highest BCUT2D eigenvalue weighted by Crippen LogP contribution is 2.34. The lowest BCUT2D eigenvalue weighted by atomic mass is 10.1. The van der Waals surface area contributed by atoms with E-state index in [9.17, 15) is 27.6 Å². The molecule has 2 heterocycles. The molecule has 0 saturated carbocycles. The molecule has 0 aliphatic carbocycles. The monoisotopic (exact) mass is 574 g/mol. The standard InChI is InChI=1S/C28H14O8S3/c29-25-21-11-5-17(13-23(21)27(31)35-25)37-15-1-7-19(8-2-15)39(33,34)20-9-3-16(4-10-20)38-18-6-12-22-24(14-18)28(32)36-26(22)30/h1-14H. The van der Waals surface area contributed by atoms with Crippen molar-refractivity contribution in [3.8, 4) is 0 Å². The Balaban J connectivity index is 1.16. The van der Waals surface area contributed by atoms with Crippen LogP contribution in [0.4, 0.5) is 0 Å². The third kappa shape index (κ3) is 4.65. The molecule has 4 aromatic carbocycles. The quantitative estimate of drug-likeness (QED) is 0.217. The summed E-state index contributed by atoms with van der Waals surface area (Å²) in [7, 11) is -3.78. The zero-order chi connectivity index (χ0) is 27.3. The Labute approximate surface area is 230 Å². The van der Waals surface area contributed by atoms with Crippen LogP contribution < -0.4 is 0 Å². The van der Waals surface area contributed by atoms with Crippen molar-refractivity contribution < 1.29 is 37.1 Å². The second kappa shape index (κ2) is 9.53. The van der Waals surface area contributed by atoms with Gasteiger partial charge < -0.3 is 9.47 Å². The van der Waals surface area contributed by atoms with Gasteiger partial charge in [-0.3, -0.25) is 0 Å². The van der Waals surface area contributed by atoms with Crippen molar-refractivity contribution in [2.45, 2.75) is 29.4 Å².